The topological polar surface area (TPSA) is 43.6 Å². The Morgan fingerprint density at radius 2 is 1.86 bits per heavy atom. The first-order valence-corrected chi connectivity index (χ1v) is 4.44. The van der Waals surface area contributed by atoms with E-state index in [4.69, 9.17) is 0 Å². The van der Waals surface area contributed by atoms with Crippen molar-refractivity contribution in [3.8, 4) is 0 Å². The van der Waals surface area contributed by atoms with Gasteiger partial charge in [-0.05, 0) is 0 Å². The van der Waals surface area contributed by atoms with Gasteiger partial charge in [0.1, 0.15) is 6.33 Å². The fraction of sp³-hybridized carbons (Fsp3) is 0.444. The maximum atomic E-state index is 4.31. The van der Waals surface area contributed by atoms with Crippen molar-refractivity contribution >= 4 is 17.0 Å². The summed E-state index contributed by atoms with van der Waals surface area (Å²) in [5, 5.41) is 0. The molecule has 0 saturated heterocycles. The number of imidazole rings is 1. The third kappa shape index (κ3) is 1.26. The molecule has 5 heteroatoms. The Kier molecular flexibility index (Phi) is 1.78. The Morgan fingerprint density at radius 1 is 1.14 bits per heavy atom. The van der Waals surface area contributed by atoms with Crippen molar-refractivity contribution in [3.63, 3.8) is 0 Å². The summed E-state index contributed by atoms with van der Waals surface area (Å²) in [4.78, 5) is 12.8. The molecule has 0 amide bonds. The second-order valence-corrected chi connectivity index (χ2v) is 4.24. The molecular formula is C9H14N5+. The number of quaternary nitrogens is 1. The Labute approximate surface area is 82.6 Å². The van der Waals surface area contributed by atoms with E-state index in [0.29, 0.717) is 4.48 Å². The van der Waals surface area contributed by atoms with Gasteiger partial charge in [0.15, 0.2) is 11.2 Å². The summed E-state index contributed by atoms with van der Waals surface area (Å²) in [6.07, 6.45) is 3.35. The van der Waals surface area contributed by atoms with Gasteiger partial charge in [-0.2, -0.15) is 4.98 Å². The molecule has 0 saturated carbocycles. The van der Waals surface area contributed by atoms with Gasteiger partial charge in [-0.25, -0.2) is 9.97 Å². The first-order valence-electron chi connectivity index (χ1n) is 4.44. The third-order valence-electron chi connectivity index (χ3n) is 2.11. The van der Waals surface area contributed by atoms with Gasteiger partial charge in [-0.3, -0.25) is 4.48 Å². The van der Waals surface area contributed by atoms with E-state index in [9.17, 15) is 0 Å². The molecule has 0 spiro atoms. The molecule has 0 atom stereocenters. The van der Waals surface area contributed by atoms with E-state index in [1.54, 1.807) is 12.7 Å². The summed E-state index contributed by atoms with van der Waals surface area (Å²) >= 11 is 0. The highest BCUT2D eigenvalue weighted by Gasteiger charge is 2.20. The van der Waals surface area contributed by atoms with Crippen molar-refractivity contribution in [1.29, 1.82) is 0 Å². The average molecular weight is 192 g/mol. The monoisotopic (exact) mass is 192 g/mol. The van der Waals surface area contributed by atoms with E-state index in [1.165, 1.54) is 0 Å². The number of aryl methyl sites for hydroxylation is 1. The second-order valence-electron chi connectivity index (χ2n) is 4.24. The van der Waals surface area contributed by atoms with Gasteiger partial charge < -0.3 is 4.57 Å². The smallest absolute Gasteiger partial charge is 0.258 e. The lowest BCUT2D eigenvalue weighted by Gasteiger charge is -2.21. The van der Waals surface area contributed by atoms with Crippen molar-refractivity contribution in [1.82, 2.24) is 24.0 Å². The highest BCUT2D eigenvalue weighted by molar-refractivity contribution is 5.81. The summed E-state index contributed by atoms with van der Waals surface area (Å²) in [6, 6.07) is 0. The lowest BCUT2D eigenvalue weighted by molar-refractivity contribution is 0.476. The van der Waals surface area contributed by atoms with Crippen LogP contribution in [0.25, 0.3) is 11.2 Å². The zero-order valence-electron chi connectivity index (χ0n) is 8.89. The first kappa shape index (κ1) is 9.08. The predicted molar refractivity (Wildman–Crippen MR) is 55.9 cm³/mol. The first-order chi connectivity index (χ1) is 6.50. The molecule has 14 heavy (non-hydrogen) atoms. The van der Waals surface area contributed by atoms with E-state index in [1.807, 2.05) is 11.6 Å². The molecule has 2 heterocycles. The van der Waals surface area contributed by atoms with Crippen LogP contribution in [0.3, 0.4) is 0 Å². The van der Waals surface area contributed by atoms with Crippen LogP contribution < -0.4 is 4.48 Å². The number of hydrogen-bond donors (Lipinski definition) is 0. The van der Waals surface area contributed by atoms with Crippen molar-refractivity contribution in [2.75, 3.05) is 21.1 Å². The number of fused-ring (bicyclic) bond motifs is 1. The van der Waals surface area contributed by atoms with Gasteiger partial charge >= 0.3 is 0 Å². The van der Waals surface area contributed by atoms with Crippen molar-refractivity contribution in [2.45, 2.75) is 0 Å². The molecule has 2 rings (SSSR count). The van der Waals surface area contributed by atoms with Crippen LogP contribution in [0.15, 0.2) is 12.7 Å². The maximum absolute atomic E-state index is 4.31. The quantitative estimate of drug-likeness (QED) is 0.620. The molecule has 0 aliphatic carbocycles. The Bertz CT molecular complexity index is 465. The van der Waals surface area contributed by atoms with E-state index in [0.717, 1.165) is 17.0 Å². The minimum atomic E-state index is 0.649. The fourth-order valence-electron chi connectivity index (χ4n) is 1.42. The number of rotatable bonds is 1. The van der Waals surface area contributed by atoms with Gasteiger partial charge in [0.2, 0.25) is 0 Å². The minimum absolute atomic E-state index is 0.649. The van der Waals surface area contributed by atoms with Crippen LogP contribution in [0.1, 0.15) is 0 Å². The van der Waals surface area contributed by atoms with Crippen molar-refractivity contribution < 1.29 is 0 Å². The number of hydrogen-bond acceptors (Lipinski definition) is 3. The van der Waals surface area contributed by atoms with Gasteiger partial charge in [0, 0.05) is 7.05 Å². The minimum Gasteiger partial charge on any atom is -0.318 e. The van der Waals surface area contributed by atoms with Gasteiger partial charge in [-0.15, -0.1) is 0 Å². The molecule has 0 aliphatic heterocycles. The summed E-state index contributed by atoms with van der Waals surface area (Å²) in [5.74, 6) is 0.940. The van der Waals surface area contributed by atoms with E-state index < -0.39 is 0 Å². The van der Waals surface area contributed by atoms with Crippen LogP contribution in [-0.4, -0.2) is 40.7 Å². The predicted octanol–water partition coefficient (Wildman–Crippen LogP) is 0.560. The summed E-state index contributed by atoms with van der Waals surface area (Å²) < 4.78 is 2.55. The molecule has 0 aliphatic rings. The van der Waals surface area contributed by atoms with Gasteiger partial charge in [-0.1, -0.05) is 0 Å². The van der Waals surface area contributed by atoms with E-state index in [2.05, 4.69) is 36.1 Å². The molecule has 0 radical (unpaired) electrons. The van der Waals surface area contributed by atoms with Gasteiger partial charge in [0.25, 0.3) is 5.82 Å². The SMILES string of the molecule is Cn1cnc2c([N+](C)(C)C)ncnc21. The molecule has 0 bridgehead atoms. The third-order valence-corrected chi connectivity index (χ3v) is 2.11. The molecule has 0 fully saturated rings. The average Bonchev–Trinajstić information content (AvgIpc) is 2.46. The van der Waals surface area contributed by atoms with E-state index in [-0.39, 0.29) is 0 Å². The highest BCUT2D eigenvalue weighted by Crippen LogP contribution is 2.21. The summed E-state index contributed by atoms with van der Waals surface area (Å²) in [6.45, 7) is 0. The number of aromatic nitrogens is 4. The van der Waals surface area contributed by atoms with Crippen LogP contribution in [0, 0.1) is 0 Å². The molecule has 5 nitrogen and oxygen atoms in total. The molecule has 0 N–H and O–H groups in total. The number of nitrogens with zero attached hydrogens (tertiary/aromatic N) is 5. The molecule has 2 aromatic heterocycles. The largest absolute Gasteiger partial charge is 0.318 e. The van der Waals surface area contributed by atoms with Crippen molar-refractivity contribution in [2.24, 2.45) is 7.05 Å². The van der Waals surface area contributed by atoms with Crippen LogP contribution in [0.5, 0.6) is 0 Å². The van der Waals surface area contributed by atoms with Crippen LogP contribution >= 0.6 is 0 Å². The lowest BCUT2D eigenvalue weighted by Crippen LogP contribution is -2.36. The van der Waals surface area contributed by atoms with E-state index >= 15 is 0 Å². The van der Waals surface area contributed by atoms with Gasteiger partial charge in [0.05, 0.1) is 27.5 Å². The van der Waals surface area contributed by atoms with Crippen LogP contribution in [0.4, 0.5) is 5.82 Å². The summed E-state index contributed by atoms with van der Waals surface area (Å²) in [5.41, 5.74) is 1.76. The Morgan fingerprint density at radius 3 is 2.50 bits per heavy atom. The molecule has 0 unspecified atom stereocenters. The second kappa shape index (κ2) is 2.75. The normalized spacial score (nSPS) is 12.3. The maximum Gasteiger partial charge on any atom is 0.258 e. The molecular weight excluding hydrogens is 178 g/mol. The lowest BCUT2D eigenvalue weighted by atomic mass is 10.4. The standard InChI is InChI=1S/C9H14N5/c1-13-6-12-7-8(13)10-5-11-9(7)14(2,3)4/h5-6H,1-4H3/q+1. The molecule has 2 aromatic rings. The van der Waals surface area contributed by atoms with Crippen LogP contribution in [0.2, 0.25) is 0 Å². The van der Waals surface area contributed by atoms with Crippen molar-refractivity contribution in [3.05, 3.63) is 12.7 Å². The molecule has 74 valence electrons. The highest BCUT2D eigenvalue weighted by atomic mass is 15.3. The molecule has 0 aromatic carbocycles. The Hall–Kier alpha value is -1.49. The fourth-order valence-corrected chi connectivity index (χ4v) is 1.42. The zero-order valence-corrected chi connectivity index (χ0v) is 8.89. The Balaban J connectivity index is 2.79. The van der Waals surface area contributed by atoms with Crippen LogP contribution in [-0.2, 0) is 7.05 Å². The zero-order chi connectivity index (χ0) is 10.3. The summed E-state index contributed by atoms with van der Waals surface area (Å²) in [7, 11) is 8.13.